The third kappa shape index (κ3) is 4.98. The highest BCUT2D eigenvalue weighted by Gasteiger charge is 2.59. The molecule has 0 radical (unpaired) electrons. The second kappa shape index (κ2) is 9.32. The third-order valence-electron chi connectivity index (χ3n) is 6.11. The zero-order valence-corrected chi connectivity index (χ0v) is 19.8. The molecule has 1 fully saturated rings. The smallest absolute Gasteiger partial charge is 0.344 e. The van der Waals surface area contributed by atoms with Crippen LogP contribution in [-0.2, 0) is 6.18 Å². The number of carbonyl (C=O) groups is 1. The molecule has 1 amide bonds. The van der Waals surface area contributed by atoms with Crippen LogP contribution in [0.1, 0.15) is 47.0 Å². The Hall–Kier alpha value is -4.56. The summed E-state index contributed by atoms with van der Waals surface area (Å²) in [7, 11) is 0. The Bertz CT molecular complexity index is 1630. The van der Waals surface area contributed by atoms with Crippen LogP contribution >= 0.6 is 0 Å². The molecule has 1 aliphatic rings. The molecule has 39 heavy (non-hydrogen) atoms. The summed E-state index contributed by atoms with van der Waals surface area (Å²) in [6.07, 6.45) is -1.44. The maximum Gasteiger partial charge on any atom is 0.419 e. The average Bonchev–Trinajstić information content (AvgIpc) is 3.27. The minimum atomic E-state index is -4.92. The molecule has 0 spiro atoms. The second-order valence-corrected chi connectivity index (χ2v) is 8.85. The van der Waals surface area contributed by atoms with E-state index in [9.17, 15) is 35.9 Å². The Labute approximate surface area is 215 Å². The highest BCUT2D eigenvalue weighted by Crippen LogP contribution is 2.53. The number of aromatic nitrogens is 6. The number of carbonyl (C=O) groups excluding carboxylic acids is 1. The number of hydrogen-bond donors (Lipinski definition) is 1. The Morgan fingerprint density at radius 3 is 2.59 bits per heavy atom. The van der Waals surface area contributed by atoms with Gasteiger partial charge in [-0.25, -0.2) is 17.9 Å². The van der Waals surface area contributed by atoms with Gasteiger partial charge in [0.05, 0.1) is 35.4 Å². The fraction of sp³-hybridized carbons (Fsp3) is 0.250. The molecule has 0 bridgehead atoms. The molecule has 0 aliphatic heterocycles. The van der Waals surface area contributed by atoms with Crippen molar-refractivity contribution in [3.63, 3.8) is 0 Å². The van der Waals surface area contributed by atoms with E-state index in [1.54, 1.807) is 0 Å². The van der Waals surface area contributed by atoms with Crippen LogP contribution in [0.25, 0.3) is 16.9 Å². The number of halogens is 6. The van der Waals surface area contributed by atoms with Gasteiger partial charge in [-0.3, -0.25) is 14.6 Å². The Kier molecular flexibility index (Phi) is 6.23. The molecule has 0 saturated heterocycles. The van der Waals surface area contributed by atoms with Crippen molar-refractivity contribution in [3.8, 4) is 16.9 Å². The van der Waals surface area contributed by atoms with Crippen molar-refractivity contribution in [1.29, 1.82) is 0 Å². The van der Waals surface area contributed by atoms with Crippen LogP contribution in [0.5, 0.6) is 0 Å². The summed E-state index contributed by atoms with van der Waals surface area (Å²) in [5.41, 5.74) is -2.22. The van der Waals surface area contributed by atoms with Gasteiger partial charge < -0.3 is 5.32 Å². The monoisotopic (exact) mass is 549 g/mol. The van der Waals surface area contributed by atoms with Gasteiger partial charge in [0.15, 0.2) is 0 Å². The van der Waals surface area contributed by atoms with Crippen LogP contribution in [0.15, 0.2) is 59.8 Å². The standard InChI is InChI=1S/C24H17F6N7O2/c1-12(15-3-2-4-16(21(15)25)24(28,29)30)33-22(39)17-5-6-20(38)36(34-17)14-7-13(9-31-10-14)18-11-32-35-37(18)19-8-23(19,26)27/h2-7,9-12,19H,8H2,1H3,(H,33,39)/t12-,19?/m1/s1. The maximum absolute atomic E-state index is 14.5. The van der Waals surface area contributed by atoms with Crippen LogP contribution in [-0.4, -0.2) is 41.6 Å². The number of nitrogens with zero attached hydrogens (tertiary/aromatic N) is 6. The molecule has 3 aromatic heterocycles. The van der Waals surface area contributed by atoms with Crippen LogP contribution in [0.2, 0.25) is 0 Å². The van der Waals surface area contributed by atoms with E-state index in [1.807, 2.05) is 0 Å². The van der Waals surface area contributed by atoms with Crippen LogP contribution in [0.4, 0.5) is 26.3 Å². The van der Waals surface area contributed by atoms with Gasteiger partial charge in [-0.1, -0.05) is 17.3 Å². The predicted molar refractivity (Wildman–Crippen MR) is 123 cm³/mol. The van der Waals surface area contributed by atoms with Gasteiger partial charge in [-0.15, -0.1) is 5.10 Å². The van der Waals surface area contributed by atoms with Crippen LogP contribution in [0.3, 0.4) is 0 Å². The molecular formula is C24H17F6N7O2. The lowest BCUT2D eigenvalue weighted by Crippen LogP contribution is -2.31. The highest BCUT2D eigenvalue weighted by atomic mass is 19.4. The molecule has 15 heteroatoms. The van der Waals surface area contributed by atoms with Gasteiger partial charge in [-0.05, 0) is 25.1 Å². The Morgan fingerprint density at radius 1 is 1.15 bits per heavy atom. The van der Waals surface area contributed by atoms with Gasteiger partial charge >= 0.3 is 6.18 Å². The number of hydrogen-bond acceptors (Lipinski definition) is 6. The molecule has 1 aromatic carbocycles. The second-order valence-electron chi connectivity index (χ2n) is 8.85. The van der Waals surface area contributed by atoms with E-state index >= 15 is 0 Å². The first kappa shape index (κ1) is 26.1. The largest absolute Gasteiger partial charge is 0.419 e. The lowest BCUT2D eigenvalue weighted by Gasteiger charge is -2.17. The lowest BCUT2D eigenvalue weighted by molar-refractivity contribution is -0.140. The third-order valence-corrected chi connectivity index (χ3v) is 6.11. The van der Waals surface area contributed by atoms with Crippen molar-refractivity contribution in [2.45, 2.75) is 37.5 Å². The number of amides is 1. The van der Waals surface area contributed by atoms with Gasteiger partial charge in [0.25, 0.3) is 17.4 Å². The van der Waals surface area contributed by atoms with E-state index in [1.165, 1.54) is 31.6 Å². The number of alkyl halides is 5. The molecule has 1 unspecified atom stereocenters. The zero-order valence-electron chi connectivity index (χ0n) is 19.8. The summed E-state index contributed by atoms with van der Waals surface area (Å²) >= 11 is 0. The summed E-state index contributed by atoms with van der Waals surface area (Å²) in [5.74, 6) is -5.33. The van der Waals surface area contributed by atoms with E-state index in [2.05, 4.69) is 25.7 Å². The zero-order chi connectivity index (χ0) is 28.1. The topological polar surface area (TPSA) is 108 Å². The molecule has 1 aliphatic carbocycles. The minimum absolute atomic E-state index is 0.0828. The highest BCUT2D eigenvalue weighted by molar-refractivity contribution is 5.92. The van der Waals surface area contributed by atoms with Gasteiger partial charge in [0, 0.05) is 29.8 Å². The van der Waals surface area contributed by atoms with Crippen molar-refractivity contribution >= 4 is 5.91 Å². The SMILES string of the molecule is C[C@@H](NC(=O)c1ccc(=O)n(-c2cncc(-c3cnnn3C3CC3(F)F)c2)n1)c1cccc(C(F)(F)F)c1F. The van der Waals surface area contributed by atoms with E-state index in [-0.39, 0.29) is 17.1 Å². The van der Waals surface area contributed by atoms with Crippen molar-refractivity contribution in [3.05, 3.63) is 88.0 Å². The van der Waals surface area contributed by atoms with E-state index in [0.717, 1.165) is 33.6 Å². The number of nitrogens with one attached hydrogen (secondary N) is 1. The summed E-state index contributed by atoms with van der Waals surface area (Å²) in [6, 6.07) is 3.92. The van der Waals surface area contributed by atoms with Crippen LogP contribution in [0, 0.1) is 5.82 Å². The summed E-state index contributed by atoms with van der Waals surface area (Å²) in [6.45, 7) is 1.29. The van der Waals surface area contributed by atoms with E-state index < -0.39 is 59.0 Å². The number of rotatable bonds is 6. The summed E-state index contributed by atoms with van der Waals surface area (Å²) < 4.78 is 82.8. The molecule has 2 atom stereocenters. The fourth-order valence-electron chi connectivity index (χ4n) is 4.00. The van der Waals surface area contributed by atoms with Gasteiger partial charge in [0.2, 0.25) is 0 Å². The van der Waals surface area contributed by atoms with Crippen molar-refractivity contribution in [2.24, 2.45) is 0 Å². The Morgan fingerprint density at radius 2 is 1.90 bits per heavy atom. The minimum Gasteiger partial charge on any atom is -0.344 e. The first-order valence-electron chi connectivity index (χ1n) is 11.4. The van der Waals surface area contributed by atoms with Crippen molar-refractivity contribution in [2.75, 3.05) is 0 Å². The molecule has 4 aromatic rings. The van der Waals surface area contributed by atoms with Crippen LogP contribution < -0.4 is 10.9 Å². The molecular weight excluding hydrogens is 532 g/mol. The molecule has 202 valence electrons. The van der Waals surface area contributed by atoms with Crippen molar-refractivity contribution in [1.82, 2.24) is 35.1 Å². The summed E-state index contributed by atoms with van der Waals surface area (Å²) in [5, 5.41) is 13.8. The molecule has 1 N–H and O–H groups in total. The number of pyridine rings is 1. The number of benzene rings is 1. The van der Waals surface area contributed by atoms with Gasteiger partial charge in [-0.2, -0.15) is 23.0 Å². The first-order chi connectivity index (χ1) is 18.4. The fourth-order valence-corrected chi connectivity index (χ4v) is 4.00. The van der Waals surface area contributed by atoms with Gasteiger partial charge in [0.1, 0.15) is 17.6 Å². The Balaban J connectivity index is 1.41. The van der Waals surface area contributed by atoms with Crippen molar-refractivity contribution < 1.29 is 31.1 Å². The van der Waals surface area contributed by atoms with E-state index in [0.29, 0.717) is 11.6 Å². The van der Waals surface area contributed by atoms with E-state index in [4.69, 9.17) is 0 Å². The first-order valence-corrected chi connectivity index (χ1v) is 11.4. The predicted octanol–water partition coefficient (Wildman–Crippen LogP) is 4.12. The normalized spacial score (nSPS) is 17.1. The molecule has 1 saturated carbocycles. The molecule has 9 nitrogen and oxygen atoms in total. The quantitative estimate of drug-likeness (QED) is 0.363. The molecule has 5 rings (SSSR count). The maximum atomic E-state index is 14.5. The average molecular weight is 549 g/mol. The molecule has 3 heterocycles. The summed E-state index contributed by atoms with van der Waals surface area (Å²) in [4.78, 5) is 29.4. The lowest BCUT2D eigenvalue weighted by atomic mass is 10.0.